The smallest absolute Gasteiger partial charge is 0.243 e. The van der Waals surface area contributed by atoms with Crippen LogP contribution in [0.25, 0.3) is 0 Å². The van der Waals surface area contributed by atoms with Crippen LogP contribution >= 0.6 is 34.5 Å². The summed E-state index contributed by atoms with van der Waals surface area (Å²) in [5, 5.41) is 5.78. The molecular formula is C8H5Cl2N3OS. The maximum Gasteiger partial charge on any atom is 0.243 e. The van der Waals surface area contributed by atoms with Gasteiger partial charge in [-0.3, -0.25) is 4.79 Å². The summed E-state index contributed by atoms with van der Waals surface area (Å²) in [7, 11) is 0. The highest BCUT2D eigenvalue weighted by Crippen LogP contribution is 2.13. The van der Waals surface area contributed by atoms with E-state index in [2.05, 4.69) is 10.1 Å². The van der Waals surface area contributed by atoms with Crippen molar-refractivity contribution in [1.29, 1.82) is 0 Å². The molecule has 15 heavy (non-hydrogen) atoms. The Morgan fingerprint density at radius 3 is 2.87 bits per heavy atom. The van der Waals surface area contributed by atoms with E-state index in [1.54, 1.807) is 6.07 Å². The summed E-state index contributed by atoms with van der Waals surface area (Å²) in [6.07, 6.45) is 0. The minimum atomic E-state index is -0.0616. The van der Waals surface area contributed by atoms with E-state index in [4.69, 9.17) is 23.2 Å². The van der Waals surface area contributed by atoms with E-state index < -0.39 is 0 Å². The standard InChI is InChI=1S/C8H5Cl2N3OS/c9-7-11-8(10)13(12-7)4-5(14)6-2-1-3-15-6/h1-3H,4H2. The van der Waals surface area contributed by atoms with Gasteiger partial charge in [-0.05, 0) is 34.6 Å². The quantitative estimate of drug-likeness (QED) is 0.798. The van der Waals surface area contributed by atoms with Gasteiger partial charge in [0.15, 0.2) is 5.78 Å². The first-order valence-corrected chi connectivity index (χ1v) is 5.63. The fourth-order valence-corrected chi connectivity index (χ4v) is 2.10. The Kier molecular flexibility index (Phi) is 3.04. The average molecular weight is 262 g/mol. The maximum atomic E-state index is 11.7. The zero-order valence-electron chi connectivity index (χ0n) is 7.35. The molecule has 0 bridgehead atoms. The molecule has 0 aliphatic rings. The number of thiophene rings is 1. The lowest BCUT2D eigenvalue weighted by Crippen LogP contribution is -2.10. The molecule has 0 fully saturated rings. The first-order valence-electron chi connectivity index (χ1n) is 3.99. The first kappa shape index (κ1) is 10.6. The lowest BCUT2D eigenvalue weighted by atomic mass is 10.3. The molecule has 0 saturated heterocycles. The Hall–Kier alpha value is -0.910. The number of aromatic nitrogens is 3. The molecule has 4 nitrogen and oxygen atoms in total. The topological polar surface area (TPSA) is 47.8 Å². The lowest BCUT2D eigenvalue weighted by molar-refractivity contribution is 0.0971. The van der Waals surface area contributed by atoms with Crippen LogP contribution in [0.4, 0.5) is 0 Å². The lowest BCUT2D eigenvalue weighted by Gasteiger charge is -1.98. The number of hydrogen-bond donors (Lipinski definition) is 0. The van der Waals surface area contributed by atoms with Crippen molar-refractivity contribution in [3.05, 3.63) is 33.0 Å². The average Bonchev–Trinajstić information content (AvgIpc) is 2.76. The monoisotopic (exact) mass is 261 g/mol. The summed E-state index contributed by atoms with van der Waals surface area (Å²) in [5.74, 6) is -0.0616. The Balaban J connectivity index is 2.16. The van der Waals surface area contributed by atoms with Crippen molar-refractivity contribution in [3.8, 4) is 0 Å². The molecule has 78 valence electrons. The van der Waals surface area contributed by atoms with Gasteiger partial charge in [-0.2, -0.15) is 4.98 Å². The van der Waals surface area contributed by atoms with E-state index in [0.717, 1.165) is 0 Å². The summed E-state index contributed by atoms with van der Waals surface area (Å²) in [6, 6.07) is 3.56. The van der Waals surface area contributed by atoms with Gasteiger partial charge >= 0.3 is 0 Å². The predicted octanol–water partition coefficient (Wildman–Crippen LogP) is 2.53. The molecule has 0 aromatic carbocycles. The molecule has 0 N–H and O–H groups in total. The number of ketones is 1. The zero-order chi connectivity index (χ0) is 10.8. The number of halogens is 2. The van der Waals surface area contributed by atoms with Crippen LogP contribution in [0, 0.1) is 0 Å². The molecule has 2 aromatic rings. The highest BCUT2D eigenvalue weighted by Gasteiger charge is 2.12. The summed E-state index contributed by atoms with van der Waals surface area (Å²) in [4.78, 5) is 16.0. The van der Waals surface area contributed by atoms with Crippen molar-refractivity contribution < 1.29 is 4.79 Å². The van der Waals surface area contributed by atoms with Gasteiger partial charge < -0.3 is 0 Å². The molecule has 0 amide bonds. The molecule has 0 atom stereocenters. The van der Waals surface area contributed by atoms with Crippen LogP contribution in [0.5, 0.6) is 0 Å². The van der Waals surface area contributed by atoms with Gasteiger partial charge in [-0.25, -0.2) is 4.68 Å². The summed E-state index contributed by atoms with van der Waals surface area (Å²) in [6.45, 7) is 0.0546. The second-order valence-corrected chi connectivity index (χ2v) is 4.33. The molecule has 2 heterocycles. The van der Waals surface area contributed by atoms with E-state index in [9.17, 15) is 4.79 Å². The third kappa shape index (κ3) is 2.37. The number of carbonyl (C=O) groups is 1. The van der Waals surface area contributed by atoms with Crippen LogP contribution in [0.2, 0.25) is 10.6 Å². The van der Waals surface area contributed by atoms with Crippen LogP contribution in [0.1, 0.15) is 9.67 Å². The van der Waals surface area contributed by atoms with Crippen molar-refractivity contribution in [2.75, 3.05) is 0 Å². The SMILES string of the molecule is O=C(Cn1nc(Cl)nc1Cl)c1cccs1. The number of hydrogen-bond acceptors (Lipinski definition) is 4. The molecule has 0 saturated carbocycles. The highest BCUT2D eigenvalue weighted by molar-refractivity contribution is 7.12. The van der Waals surface area contributed by atoms with Crippen LogP contribution in [0.15, 0.2) is 17.5 Å². The molecular weight excluding hydrogens is 257 g/mol. The van der Waals surface area contributed by atoms with Gasteiger partial charge in [0, 0.05) is 0 Å². The summed E-state index contributed by atoms with van der Waals surface area (Å²) >= 11 is 12.6. The van der Waals surface area contributed by atoms with E-state index in [0.29, 0.717) is 4.88 Å². The summed E-state index contributed by atoms with van der Waals surface area (Å²) in [5.41, 5.74) is 0. The van der Waals surface area contributed by atoms with Crippen LogP contribution in [0.3, 0.4) is 0 Å². The Bertz CT molecular complexity index is 480. The number of carbonyl (C=O) groups excluding carboxylic acids is 1. The highest BCUT2D eigenvalue weighted by atomic mass is 35.5. The third-order valence-electron chi connectivity index (χ3n) is 1.69. The van der Waals surface area contributed by atoms with Crippen molar-refractivity contribution >= 4 is 40.3 Å². The maximum absolute atomic E-state index is 11.7. The molecule has 0 unspecified atom stereocenters. The minimum Gasteiger partial charge on any atom is -0.291 e. The van der Waals surface area contributed by atoms with Crippen molar-refractivity contribution in [1.82, 2.24) is 14.8 Å². The second-order valence-electron chi connectivity index (χ2n) is 2.71. The molecule has 0 radical (unpaired) electrons. The molecule has 2 aromatic heterocycles. The van der Waals surface area contributed by atoms with Crippen molar-refractivity contribution in [2.24, 2.45) is 0 Å². The predicted molar refractivity (Wildman–Crippen MR) is 58.7 cm³/mol. The van der Waals surface area contributed by atoms with Gasteiger partial charge in [0.05, 0.1) is 4.88 Å². The van der Waals surface area contributed by atoms with Crippen LogP contribution in [-0.4, -0.2) is 20.5 Å². The van der Waals surface area contributed by atoms with Gasteiger partial charge in [0.1, 0.15) is 6.54 Å². The van der Waals surface area contributed by atoms with Gasteiger partial charge in [-0.1, -0.05) is 6.07 Å². The van der Waals surface area contributed by atoms with Crippen LogP contribution in [-0.2, 0) is 6.54 Å². The third-order valence-corrected chi connectivity index (χ3v) is 3.04. The number of Topliss-reactive ketones (excluding diaryl/α,β-unsaturated/α-hetero) is 1. The van der Waals surface area contributed by atoms with Gasteiger partial charge in [-0.15, -0.1) is 16.4 Å². The molecule has 2 rings (SSSR count). The minimum absolute atomic E-state index is 0.0407. The Morgan fingerprint density at radius 2 is 2.33 bits per heavy atom. The molecule has 0 aliphatic heterocycles. The van der Waals surface area contributed by atoms with E-state index in [1.165, 1.54) is 16.0 Å². The molecule has 0 spiro atoms. The fraction of sp³-hybridized carbons (Fsp3) is 0.125. The first-order chi connectivity index (χ1) is 7.16. The Labute approximate surface area is 99.5 Å². The molecule has 0 aliphatic carbocycles. The number of nitrogens with zero attached hydrogens (tertiary/aromatic N) is 3. The largest absolute Gasteiger partial charge is 0.291 e. The zero-order valence-corrected chi connectivity index (χ0v) is 9.68. The fourth-order valence-electron chi connectivity index (χ4n) is 1.05. The van der Waals surface area contributed by atoms with Crippen molar-refractivity contribution in [3.63, 3.8) is 0 Å². The number of rotatable bonds is 3. The van der Waals surface area contributed by atoms with Crippen LogP contribution < -0.4 is 0 Å². The van der Waals surface area contributed by atoms with E-state index in [-0.39, 0.29) is 22.9 Å². The van der Waals surface area contributed by atoms with E-state index in [1.807, 2.05) is 11.4 Å². The van der Waals surface area contributed by atoms with Gasteiger partial charge in [0.25, 0.3) is 0 Å². The van der Waals surface area contributed by atoms with E-state index >= 15 is 0 Å². The van der Waals surface area contributed by atoms with Gasteiger partial charge in [0.2, 0.25) is 10.6 Å². The summed E-state index contributed by atoms with van der Waals surface area (Å²) < 4.78 is 1.27. The molecule has 7 heteroatoms. The normalized spacial score (nSPS) is 10.5. The Morgan fingerprint density at radius 1 is 1.53 bits per heavy atom. The van der Waals surface area contributed by atoms with Crippen molar-refractivity contribution in [2.45, 2.75) is 6.54 Å². The second kappa shape index (κ2) is 4.30.